The Morgan fingerprint density at radius 3 is 2.60 bits per heavy atom. The summed E-state index contributed by atoms with van der Waals surface area (Å²) in [7, 11) is 0. The van der Waals surface area contributed by atoms with E-state index < -0.39 is 11.7 Å². The molecule has 0 aliphatic heterocycles. The molecule has 0 fully saturated rings. The molecule has 1 heterocycles. The number of benzene rings is 1. The Kier molecular flexibility index (Phi) is 9.18. The van der Waals surface area contributed by atoms with Gasteiger partial charge in [0.15, 0.2) is 5.96 Å². The molecule has 0 saturated carbocycles. The maximum atomic E-state index is 12.3. The Bertz CT molecular complexity index is 769. The summed E-state index contributed by atoms with van der Waals surface area (Å²) < 4.78 is 7.33. The number of carbonyl (C=O) groups is 1. The van der Waals surface area contributed by atoms with Gasteiger partial charge in [0, 0.05) is 32.0 Å². The zero-order chi connectivity index (χ0) is 21.8. The van der Waals surface area contributed by atoms with Gasteiger partial charge in [0.25, 0.3) is 0 Å². The Balaban J connectivity index is 1.97. The molecule has 1 amide bonds. The number of nitrogens with zero attached hydrogens (tertiary/aromatic N) is 3. The van der Waals surface area contributed by atoms with Crippen LogP contribution in [0.1, 0.15) is 45.7 Å². The summed E-state index contributed by atoms with van der Waals surface area (Å²) in [5.74, 6) is 0.713. The minimum atomic E-state index is -0.556. The first-order valence-electron chi connectivity index (χ1n) is 10.4. The first-order chi connectivity index (χ1) is 14.4. The van der Waals surface area contributed by atoms with E-state index in [0.717, 1.165) is 31.6 Å². The fourth-order valence-electron chi connectivity index (χ4n) is 2.77. The second-order valence-electron chi connectivity index (χ2n) is 7.88. The number of nitrogens with one attached hydrogen (secondary N) is 3. The number of carbonyl (C=O) groups excluding carboxylic acids is 1. The van der Waals surface area contributed by atoms with Crippen LogP contribution in [0.25, 0.3) is 0 Å². The number of rotatable bonds is 9. The van der Waals surface area contributed by atoms with E-state index in [4.69, 9.17) is 4.74 Å². The number of amides is 1. The molecule has 0 saturated heterocycles. The molecule has 0 aliphatic rings. The minimum absolute atomic E-state index is 0.291. The van der Waals surface area contributed by atoms with Gasteiger partial charge in [-0.2, -0.15) is 5.10 Å². The zero-order valence-electron chi connectivity index (χ0n) is 18.4. The van der Waals surface area contributed by atoms with Crippen molar-refractivity contribution in [3.8, 4) is 0 Å². The SMILES string of the molecule is CCNC(=NCC(NC(=O)OC(C)(C)C)c1ccccc1)NCCCn1cccn1. The number of hydrogen-bond donors (Lipinski definition) is 3. The van der Waals surface area contributed by atoms with Gasteiger partial charge in [-0.05, 0) is 45.7 Å². The van der Waals surface area contributed by atoms with Crippen LogP contribution in [0.4, 0.5) is 4.79 Å². The molecular formula is C22H34N6O2. The molecule has 8 nitrogen and oxygen atoms in total. The average molecular weight is 415 g/mol. The summed E-state index contributed by atoms with van der Waals surface area (Å²) in [4.78, 5) is 17.0. The molecule has 1 aromatic heterocycles. The Morgan fingerprint density at radius 1 is 1.20 bits per heavy atom. The Hall–Kier alpha value is -3.03. The first kappa shape index (κ1) is 23.3. The van der Waals surface area contributed by atoms with Crippen LogP contribution in [-0.4, -0.2) is 47.1 Å². The molecule has 2 rings (SSSR count). The third kappa shape index (κ3) is 8.98. The van der Waals surface area contributed by atoms with Gasteiger partial charge in [-0.25, -0.2) is 4.79 Å². The summed E-state index contributed by atoms with van der Waals surface area (Å²) in [6.45, 7) is 10.3. The van der Waals surface area contributed by atoms with Crippen molar-refractivity contribution in [3.05, 3.63) is 54.4 Å². The van der Waals surface area contributed by atoms with E-state index in [1.807, 2.05) is 75.0 Å². The first-order valence-corrected chi connectivity index (χ1v) is 10.4. The maximum Gasteiger partial charge on any atom is 0.408 e. The van der Waals surface area contributed by atoms with Gasteiger partial charge in [-0.15, -0.1) is 0 Å². The molecule has 8 heteroatoms. The number of aryl methyl sites for hydroxylation is 1. The number of hydrogen-bond acceptors (Lipinski definition) is 4. The van der Waals surface area contributed by atoms with Crippen molar-refractivity contribution in [1.29, 1.82) is 0 Å². The van der Waals surface area contributed by atoms with Crippen molar-refractivity contribution < 1.29 is 9.53 Å². The highest BCUT2D eigenvalue weighted by Gasteiger charge is 2.20. The molecule has 30 heavy (non-hydrogen) atoms. The van der Waals surface area contributed by atoms with E-state index in [2.05, 4.69) is 26.0 Å². The molecule has 0 radical (unpaired) electrons. The highest BCUT2D eigenvalue weighted by Crippen LogP contribution is 2.15. The van der Waals surface area contributed by atoms with Crippen molar-refractivity contribution >= 4 is 12.1 Å². The Morgan fingerprint density at radius 2 is 1.97 bits per heavy atom. The highest BCUT2D eigenvalue weighted by molar-refractivity contribution is 5.79. The van der Waals surface area contributed by atoms with Gasteiger partial charge >= 0.3 is 6.09 Å². The quantitative estimate of drug-likeness (QED) is 0.333. The fourth-order valence-corrected chi connectivity index (χ4v) is 2.77. The van der Waals surface area contributed by atoms with Crippen LogP contribution in [0.5, 0.6) is 0 Å². The van der Waals surface area contributed by atoms with Crippen molar-refractivity contribution in [2.45, 2.75) is 52.3 Å². The van der Waals surface area contributed by atoms with Crippen LogP contribution in [0, 0.1) is 0 Å². The van der Waals surface area contributed by atoms with E-state index >= 15 is 0 Å². The number of guanidine groups is 1. The Labute approximate surface area is 179 Å². The molecule has 1 atom stereocenters. The van der Waals surface area contributed by atoms with Gasteiger partial charge in [0.1, 0.15) is 5.60 Å². The van der Waals surface area contributed by atoms with Crippen molar-refractivity contribution in [3.63, 3.8) is 0 Å². The second-order valence-corrected chi connectivity index (χ2v) is 7.88. The normalized spacial score (nSPS) is 12.9. The zero-order valence-corrected chi connectivity index (χ0v) is 18.4. The van der Waals surface area contributed by atoms with Gasteiger partial charge in [0.2, 0.25) is 0 Å². The van der Waals surface area contributed by atoms with Crippen molar-refractivity contribution in [2.75, 3.05) is 19.6 Å². The van der Waals surface area contributed by atoms with E-state index in [9.17, 15) is 4.79 Å². The number of ether oxygens (including phenoxy) is 1. The second kappa shape index (κ2) is 11.8. The topological polar surface area (TPSA) is 92.6 Å². The van der Waals surface area contributed by atoms with Crippen LogP contribution in [0.2, 0.25) is 0 Å². The molecule has 0 spiro atoms. The monoisotopic (exact) mass is 414 g/mol. The lowest BCUT2D eigenvalue weighted by molar-refractivity contribution is 0.0505. The third-order valence-electron chi connectivity index (χ3n) is 4.08. The predicted molar refractivity (Wildman–Crippen MR) is 119 cm³/mol. The van der Waals surface area contributed by atoms with Gasteiger partial charge in [-0.1, -0.05) is 30.3 Å². The standard InChI is InChI=1S/C22H34N6O2/c1-5-23-20(24-13-9-15-28-16-10-14-26-28)25-17-19(18-11-7-6-8-12-18)27-21(29)30-22(2,3)4/h6-8,10-12,14,16,19H,5,9,13,15,17H2,1-4H3,(H,27,29)(H2,23,24,25). The van der Waals surface area contributed by atoms with Crippen LogP contribution in [0.15, 0.2) is 53.8 Å². The molecule has 2 aromatic rings. The largest absolute Gasteiger partial charge is 0.444 e. The van der Waals surface area contributed by atoms with E-state index in [1.54, 1.807) is 6.20 Å². The summed E-state index contributed by atoms with van der Waals surface area (Å²) in [5, 5.41) is 13.7. The molecular weight excluding hydrogens is 380 g/mol. The average Bonchev–Trinajstić information content (AvgIpc) is 3.21. The highest BCUT2D eigenvalue weighted by atomic mass is 16.6. The van der Waals surface area contributed by atoms with Gasteiger partial charge in [0.05, 0.1) is 12.6 Å². The fraction of sp³-hybridized carbons (Fsp3) is 0.500. The minimum Gasteiger partial charge on any atom is -0.444 e. The lowest BCUT2D eigenvalue weighted by atomic mass is 10.1. The summed E-state index contributed by atoms with van der Waals surface area (Å²) >= 11 is 0. The molecule has 0 bridgehead atoms. The molecule has 1 unspecified atom stereocenters. The van der Waals surface area contributed by atoms with Gasteiger partial charge < -0.3 is 20.7 Å². The van der Waals surface area contributed by atoms with Crippen molar-refractivity contribution in [1.82, 2.24) is 25.7 Å². The molecule has 164 valence electrons. The lowest BCUT2D eigenvalue weighted by Gasteiger charge is -2.23. The van der Waals surface area contributed by atoms with Crippen LogP contribution < -0.4 is 16.0 Å². The number of alkyl carbamates (subject to hydrolysis) is 1. The predicted octanol–water partition coefficient (Wildman–Crippen LogP) is 3.09. The van der Waals surface area contributed by atoms with Crippen LogP contribution >= 0.6 is 0 Å². The van der Waals surface area contributed by atoms with Crippen molar-refractivity contribution in [2.24, 2.45) is 4.99 Å². The summed E-state index contributed by atoms with van der Waals surface area (Å²) in [6.07, 6.45) is 4.19. The molecule has 1 aromatic carbocycles. The number of aliphatic imine (C=N–C) groups is 1. The molecule has 3 N–H and O–H groups in total. The smallest absolute Gasteiger partial charge is 0.408 e. The van der Waals surface area contributed by atoms with Gasteiger partial charge in [-0.3, -0.25) is 9.67 Å². The van der Waals surface area contributed by atoms with Crippen LogP contribution in [0.3, 0.4) is 0 Å². The maximum absolute atomic E-state index is 12.3. The summed E-state index contributed by atoms with van der Waals surface area (Å²) in [6, 6.07) is 11.4. The third-order valence-corrected chi connectivity index (χ3v) is 4.08. The van der Waals surface area contributed by atoms with E-state index in [1.165, 1.54) is 0 Å². The summed E-state index contributed by atoms with van der Waals surface area (Å²) in [5.41, 5.74) is 0.418. The lowest BCUT2D eigenvalue weighted by Crippen LogP contribution is -2.40. The number of aromatic nitrogens is 2. The van der Waals surface area contributed by atoms with E-state index in [0.29, 0.717) is 12.5 Å². The van der Waals surface area contributed by atoms with Crippen LogP contribution in [-0.2, 0) is 11.3 Å². The van der Waals surface area contributed by atoms with E-state index in [-0.39, 0.29) is 6.04 Å². The molecule has 0 aliphatic carbocycles.